The molecule has 1 atom stereocenters. The molecule has 2 heterocycles. The molecule has 0 saturated carbocycles. The van der Waals surface area contributed by atoms with Crippen LogP contribution in [0.1, 0.15) is 23.7 Å². The average Bonchev–Trinajstić information content (AvgIpc) is 2.81. The maximum absolute atomic E-state index is 10.1. The predicted octanol–water partition coefficient (Wildman–Crippen LogP) is 2.07. The van der Waals surface area contributed by atoms with Crippen LogP contribution >= 0.6 is 0 Å². The molecule has 3 rings (SSSR count). The van der Waals surface area contributed by atoms with Crippen LogP contribution in [0.3, 0.4) is 0 Å². The highest BCUT2D eigenvalue weighted by molar-refractivity contribution is 5.47. The number of fused-ring (bicyclic) bond motifs is 1. The molecule has 0 spiro atoms. The second kappa shape index (κ2) is 7.24. The van der Waals surface area contributed by atoms with Crippen LogP contribution in [-0.2, 0) is 6.54 Å². The number of aliphatic hydroxyl groups excluding tert-OH is 1. The number of benzene rings is 1. The second-order valence-corrected chi connectivity index (χ2v) is 5.22. The minimum absolute atomic E-state index is 0.467. The van der Waals surface area contributed by atoms with Crippen LogP contribution in [-0.4, -0.2) is 29.8 Å². The lowest BCUT2D eigenvalue weighted by atomic mass is 10.1. The molecule has 1 aliphatic rings. The summed E-state index contributed by atoms with van der Waals surface area (Å²) in [6.45, 7) is 2.44. The van der Waals surface area contributed by atoms with Gasteiger partial charge in [0, 0.05) is 37.5 Å². The molecular formula is C17H20N2O3. The Morgan fingerprint density at radius 2 is 1.95 bits per heavy atom. The van der Waals surface area contributed by atoms with Gasteiger partial charge < -0.3 is 19.9 Å². The van der Waals surface area contributed by atoms with Crippen molar-refractivity contribution in [1.29, 1.82) is 0 Å². The maximum atomic E-state index is 10.1. The number of nitrogens with zero attached hydrogens (tertiary/aromatic N) is 1. The Morgan fingerprint density at radius 1 is 1.14 bits per heavy atom. The summed E-state index contributed by atoms with van der Waals surface area (Å²) in [4.78, 5) is 3.95. The van der Waals surface area contributed by atoms with Gasteiger partial charge in [0.05, 0.1) is 19.3 Å². The fourth-order valence-electron chi connectivity index (χ4n) is 2.44. The molecule has 116 valence electrons. The number of hydrogen-bond acceptors (Lipinski definition) is 5. The van der Waals surface area contributed by atoms with E-state index in [0.717, 1.165) is 29.0 Å². The highest BCUT2D eigenvalue weighted by Crippen LogP contribution is 2.33. The summed E-state index contributed by atoms with van der Waals surface area (Å²) in [7, 11) is 0. The minimum Gasteiger partial charge on any atom is -0.490 e. The molecule has 0 radical (unpaired) electrons. The van der Waals surface area contributed by atoms with Crippen molar-refractivity contribution >= 4 is 0 Å². The summed E-state index contributed by atoms with van der Waals surface area (Å²) in [5.41, 5.74) is 1.90. The summed E-state index contributed by atoms with van der Waals surface area (Å²) in [6.07, 6.45) is 3.70. The standard InChI is InChI=1S/C17H20N2O3/c20-15(13-5-7-18-8-6-13)12-19-11-14-3-1-4-16-17(14)22-10-2-9-21-16/h1,3-8,15,19-20H,2,9-12H2. The van der Waals surface area contributed by atoms with E-state index in [1.54, 1.807) is 12.4 Å². The summed E-state index contributed by atoms with van der Waals surface area (Å²) in [6, 6.07) is 9.54. The number of pyridine rings is 1. The van der Waals surface area contributed by atoms with Gasteiger partial charge in [0.25, 0.3) is 0 Å². The molecule has 2 aromatic rings. The minimum atomic E-state index is -0.553. The number of aliphatic hydroxyl groups is 1. The quantitative estimate of drug-likeness (QED) is 0.885. The lowest BCUT2D eigenvalue weighted by Crippen LogP contribution is -2.21. The first kappa shape index (κ1) is 14.8. The Bertz CT molecular complexity index is 604. The Morgan fingerprint density at radius 3 is 2.82 bits per heavy atom. The van der Waals surface area contributed by atoms with Crippen LogP contribution in [0.2, 0.25) is 0 Å². The van der Waals surface area contributed by atoms with Crippen molar-refractivity contribution in [3.8, 4) is 11.5 Å². The van der Waals surface area contributed by atoms with Crippen LogP contribution in [0.5, 0.6) is 11.5 Å². The number of rotatable bonds is 5. The second-order valence-electron chi connectivity index (χ2n) is 5.22. The summed E-state index contributed by atoms with van der Waals surface area (Å²) >= 11 is 0. The van der Waals surface area contributed by atoms with Gasteiger partial charge in [-0.15, -0.1) is 0 Å². The molecule has 5 nitrogen and oxygen atoms in total. The zero-order chi connectivity index (χ0) is 15.2. The van der Waals surface area contributed by atoms with E-state index in [9.17, 15) is 5.11 Å². The zero-order valence-electron chi connectivity index (χ0n) is 12.4. The first-order valence-corrected chi connectivity index (χ1v) is 7.51. The summed E-state index contributed by atoms with van der Waals surface area (Å²) in [5.74, 6) is 1.61. The highest BCUT2D eigenvalue weighted by atomic mass is 16.5. The molecular weight excluding hydrogens is 280 g/mol. The third kappa shape index (κ3) is 3.55. The number of hydrogen-bond donors (Lipinski definition) is 2. The Balaban J connectivity index is 1.60. The third-order valence-electron chi connectivity index (χ3n) is 3.60. The van der Waals surface area contributed by atoms with Crippen molar-refractivity contribution in [2.24, 2.45) is 0 Å². The predicted molar refractivity (Wildman–Crippen MR) is 83.0 cm³/mol. The molecule has 1 aromatic carbocycles. The molecule has 5 heteroatoms. The Labute approximate surface area is 129 Å². The van der Waals surface area contributed by atoms with Gasteiger partial charge in [0.15, 0.2) is 11.5 Å². The van der Waals surface area contributed by atoms with Crippen LogP contribution in [0.4, 0.5) is 0 Å². The van der Waals surface area contributed by atoms with Gasteiger partial charge in [-0.25, -0.2) is 0 Å². The molecule has 0 fully saturated rings. The van der Waals surface area contributed by atoms with Crippen LogP contribution in [0.25, 0.3) is 0 Å². The number of nitrogens with one attached hydrogen (secondary N) is 1. The average molecular weight is 300 g/mol. The van der Waals surface area contributed by atoms with E-state index in [0.29, 0.717) is 26.3 Å². The Kier molecular flexibility index (Phi) is 4.88. The first-order chi connectivity index (χ1) is 10.8. The summed E-state index contributed by atoms with van der Waals surface area (Å²) in [5, 5.41) is 13.4. The number of aromatic nitrogens is 1. The van der Waals surface area contributed by atoms with Gasteiger partial charge in [0.1, 0.15) is 0 Å². The van der Waals surface area contributed by atoms with E-state index in [1.807, 2.05) is 30.3 Å². The van der Waals surface area contributed by atoms with Gasteiger partial charge in [-0.2, -0.15) is 0 Å². The molecule has 0 bridgehead atoms. The molecule has 22 heavy (non-hydrogen) atoms. The largest absolute Gasteiger partial charge is 0.490 e. The van der Waals surface area contributed by atoms with E-state index < -0.39 is 6.10 Å². The lowest BCUT2D eigenvalue weighted by molar-refractivity contribution is 0.174. The fourth-order valence-corrected chi connectivity index (χ4v) is 2.44. The van der Waals surface area contributed by atoms with Crippen molar-refractivity contribution < 1.29 is 14.6 Å². The smallest absolute Gasteiger partial charge is 0.165 e. The molecule has 1 unspecified atom stereocenters. The van der Waals surface area contributed by atoms with Gasteiger partial charge in [0.2, 0.25) is 0 Å². The van der Waals surface area contributed by atoms with Crippen molar-refractivity contribution in [1.82, 2.24) is 10.3 Å². The van der Waals surface area contributed by atoms with Crippen molar-refractivity contribution in [3.05, 3.63) is 53.9 Å². The van der Waals surface area contributed by atoms with Gasteiger partial charge in [-0.3, -0.25) is 4.98 Å². The van der Waals surface area contributed by atoms with E-state index in [1.165, 1.54) is 0 Å². The summed E-state index contributed by atoms with van der Waals surface area (Å²) < 4.78 is 11.5. The molecule has 0 amide bonds. The lowest BCUT2D eigenvalue weighted by Gasteiger charge is -2.15. The molecule has 1 aliphatic heterocycles. The van der Waals surface area contributed by atoms with E-state index in [-0.39, 0.29) is 0 Å². The Hall–Kier alpha value is -2.11. The van der Waals surface area contributed by atoms with E-state index in [4.69, 9.17) is 9.47 Å². The van der Waals surface area contributed by atoms with Crippen molar-refractivity contribution in [3.63, 3.8) is 0 Å². The van der Waals surface area contributed by atoms with Crippen molar-refractivity contribution in [2.75, 3.05) is 19.8 Å². The van der Waals surface area contributed by atoms with Crippen LogP contribution in [0, 0.1) is 0 Å². The highest BCUT2D eigenvalue weighted by Gasteiger charge is 2.14. The first-order valence-electron chi connectivity index (χ1n) is 7.51. The van der Waals surface area contributed by atoms with Gasteiger partial charge in [-0.1, -0.05) is 12.1 Å². The van der Waals surface area contributed by atoms with Crippen molar-refractivity contribution in [2.45, 2.75) is 19.1 Å². The van der Waals surface area contributed by atoms with E-state index in [2.05, 4.69) is 10.3 Å². The molecule has 2 N–H and O–H groups in total. The number of para-hydroxylation sites is 1. The third-order valence-corrected chi connectivity index (χ3v) is 3.60. The fraction of sp³-hybridized carbons (Fsp3) is 0.353. The topological polar surface area (TPSA) is 63.6 Å². The molecule has 1 aromatic heterocycles. The maximum Gasteiger partial charge on any atom is 0.165 e. The molecule has 0 saturated heterocycles. The van der Waals surface area contributed by atoms with Crippen LogP contribution in [0.15, 0.2) is 42.7 Å². The normalized spacial score (nSPS) is 15.1. The number of ether oxygens (including phenoxy) is 2. The molecule has 0 aliphatic carbocycles. The zero-order valence-corrected chi connectivity index (χ0v) is 12.4. The van der Waals surface area contributed by atoms with Gasteiger partial charge >= 0.3 is 0 Å². The monoisotopic (exact) mass is 300 g/mol. The van der Waals surface area contributed by atoms with Crippen LogP contribution < -0.4 is 14.8 Å². The van der Waals surface area contributed by atoms with E-state index >= 15 is 0 Å². The van der Waals surface area contributed by atoms with Gasteiger partial charge in [-0.05, 0) is 23.8 Å². The SMILES string of the molecule is OC(CNCc1cccc2c1OCCCO2)c1ccncc1.